The van der Waals surface area contributed by atoms with Gasteiger partial charge in [-0.3, -0.25) is 4.79 Å². The van der Waals surface area contributed by atoms with Crippen LogP contribution in [-0.4, -0.2) is 54.0 Å². The summed E-state index contributed by atoms with van der Waals surface area (Å²) in [6.07, 6.45) is 3.92. The lowest BCUT2D eigenvalue weighted by Crippen LogP contribution is -2.52. The van der Waals surface area contributed by atoms with E-state index in [0.29, 0.717) is 11.3 Å². The standard InChI is InChI=1S/C17H31N3O2/c1-13(21)19-11-7-15(8-12-19)18-16(22)20-9-5-14(6-10-20)17(2,3)4/h14-15H,5-12H2,1-4H3,(H,18,22). The third-order valence-electron chi connectivity index (χ3n) is 5.27. The maximum atomic E-state index is 12.4. The fourth-order valence-corrected chi connectivity index (χ4v) is 3.55. The molecule has 22 heavy (non-hydrogen) atoms. The van der Waals surface area contributed by atoms with Crippen molar-refractivity contribution in [1.29, 1.82) is 0 Å². The summed E-state index contributed by atoms with van der Waals surface area (Å²) >= 11 is 0. The van der Waals surface area contributed by atoms with Crippen molar-refractivity contribution in [3.63, 3.8) is 0 Å². The molecule has 0 unspecified atom stereocenters. The van der Waals surface area contributed by atoms with Crippen LogP contribution in [0.4, 0.5) is 4.79 Å². The van der Waals surface area contributed by atoms with E-state index in [0.717, 1.165) is 51.9 Å². The summed E-state index contributed by atoms with van der Waals surface area (Å²) < 4.78 is 0. The molecule has 0 saturated carbocycles. The van der Waals surface area contributed by atoms with Crippen molar-refractivity contribution < 1.29 is 9.59 Å². The Balaban J connectivity index is 1.74. The molecule has 2 aliphatic rings. The Hall–Kier alpha value is -1.26. The Bertz CT molecular complexity index is 401. The van der Waals surface area contributed by atoms with E-state index in [1.807, 2.05) is 9.80 Å². The van der Waals surface area contributed by atoms with Gasteiger partial charge in [-0.05, 0) is 37.0 Å². The number of carbonyl (C=O) groups excluding carboxylic acids is 2. The molecule has 0 bridgehead atoms. The molecule has 0 atom stereocenters. The highest BCUT2D eigenvalue weighted by atomic mass is 16.2. The molecule has 0 radical (unpaired) electrons. The molecular weight excluding hydrogens is 278 g/mol. The number of carbonyl (C=O) groups is 2. The SMILES string of the molecule is CC(=O)N1CCC(NC(=O)N2CCC(C(C)(C)C)CC2)CC1. The second kappa shape index (κ2) is 6.88. The lowest BCUT2D eigenvalue weighted by atomic mass is 9.75. The molecule has 5 nitrogen and oxygen atoms in total. The summed E-state index contributed by atoms with van der Waals surface area (Å²) in [7, 11) is 0. The fraction of sp³-hybridized carbons (Fsp3) is 0.882. The van der Waals surface area contributed by atoms with E-state index in [1.54, 1.807) is 6.92 Å². The molecule has 126 valence electrons. The van der Waals surface area contributed by atoms with Gasteiger partial charge in [0.1, 0.15) is 0 Å². The summed E-state index contributed by atoms with van der Waals surface area (Å²) in [6, 6.07) is 0.289. The van der Waals surface area contributed by atoms with Gasteiger partial charge in [0, 0.05) is 39.1 Å². The van der Waals surface area contributed by atoms with Gasteiger partial charge in [-0.2, -0.15) is 0 Å². The Morgan fingerprint density at radius 2 is 1.41 bits per heavy atom. The van der Waals surface area contributed by atoms with Gasteiger partial charge in [0.15, 0.2) is 0 Å². The van der Waals surface area contributed by atoms with E-state index >= 15 is 0 Å². The maximum Gasteiger partial charge on any atom is 0.317 e. The number of nitrogens with one attached hydrogen (secondary N) is 1. The molecule has 0 aromatic heterocycles. The van der Waals surface area contributed by atoms with Gasteiger partial charge in [0.25, 0.3) is 0 Å². The predicted molar refractivity (Wildman–Crippen MR) is 87.6 cm³/mol. The summed E-state index contributed by atoms with van der Waals surface area (Å²) in [5, 5.41) is 3.15. The van der Waals surface area contributed by atoms with Crippen molar-refractivity contribution in [2.24, 2.45) is 11.3 Å². The average molecular weight is 309 g/mol. The molecule has 2 aliphatic heterocycles. The highest BCUT2D eigenvalue weighted by Gasteiger charge is 2.31. The van der Waals surface area contributed by atoms with Gasteiger partial charge in [0.2, 0.25) is 5.91 Å². The van der Waals surface area contributed by atoms with Crippen LogP contribution in [0.5, 0.6) is 0 Å². The van der Waals surface area contributed by atoms with Gasteiger partial charge in [0.05, 0.1) is 0 Å². The topological polar surface area (TPSA) is 52.7 Å². The maximum absolute atomic E-state index is 12.4. The molecule has 1 N–H and O–H groups in total. The third kappa shape index (κ3) is 4.37. The van der Waals surface area contributed by atoms with Crippen LogP contribution in [0.25, 0.3) is 0 Å². The highest BCUT2D eigenvalue weighted by molar-refractivity contribution is 5.75. The van der Waals surface area contributed by atoms with Crippen LogP contribution >= 0.6 is 0 Å². The number of rotatable bonds is 1. The molecule has 0 aliphatic carbocycles. The molecular formula is C17H31N3O2. The molecule has 0 aromatic carbocycles. The van der Waals surface area contributed by atoms with Crippen LogP contribution in [0, 0.1) is 11.3 Å². The van der Waals surface area contributed by atoms with Crippen LogP contribution in [0.15, 0.2) is 0 Å². The zero-order valence-electron chi connectivity index (χ0n) is 14.5. The van der Waals surface area contributed by atoms with Crippen molar-refractivity contribution in [3.05, 3.63) is 0 Å². The summed E-state index contributed by atoms with van der Waals surface area (Å²) in [4.78, 5) is 27.5. The second-order valence-electron chi connectivity index (χ2n) is 7.86. The Kier molecular flexibility index (Phi) is 5.35. The Morgan fingerprint density at radius 3 is 1.86 bits per heavy atom. The van der Waals surface area contributed by atoms with E-state index in [-0.39, 0.29) is 18.0 Å². The van der Waals surface area contributed by atoms with Crippen molar-refractivity contribution in [2.45, 2.75) is 59.4 Å². The Labute approximate surface area is 134 Å². The number of piperidine rings is 2. The van der Waals surface area contributed by atoms with Crippen molar-refractivity contribution >= 4 is 11.9 Å². The second-order valence-corrected chi connectivity index (χ2v) is 7.86. The number of nitrogens with zero attached hydrogens (tertiary/aromatic N) is 2. The average Bonchev–Trinajstić information content (AvgIpc) is 2.47. The highest BCUT2D eigenvalue weighted by Crippen LogP contribution is 2.34. The lowest BCUT2D eigenvalue weighted by molar-refractivity contribution is -0.129. The van der Waals surface area contributed by atoms with Crippen LogP contribution in [0.1, 0.15) is 53.4 Å². The van der Waals surface area contributed by atoms with E-state index in [2.05, 4.69) is 26.1 Å². The zero-order valence-corrected chi connectivity index (χ0v) is 14.5. The minimum absolute atomic E-state index is 0.0774. The van der Waals surface area contributed by atoms with Gasteiger partial charge < -0.3 is 15.1 Å². The van der Waals surface area contributed by atoms with Crippen molar-refractivity contribution in [1.82, 2.24) is 15.1 Å². The first-order valence-corrected chi connectivity index (χ1v) is 8.58. The first kappa shape index (κ1) is 17.1. The summed E-state index contributed by atoms with van der Waals surface area (Å²) in [5.41, 5.74) is 0.335. The normalized spacial score (nSPS) is 21.8. The molecule has 2 fully saturated rings. The van der Waals surface area contributed by atoms with E-state index in [9.17, 15) is 9.59 Å². The van der Waals surface area contributed by atoms with Gasteiger partial charge >= 0.3 is 6.03 Å². The zero-order chi connectivity index (χ0) is 16.3. The largest absolute Gasteiger partial charge is 0.343 e. The number of amides is 3. The van der Waals surface area contributed by atoms with Crippen LogP contribution < -0.4 is 5.32 Å². The van der Waals surface area contributed by atoms with E-state index in [4.69, 9.17) is 0 Å². The molecule has 0 aromatic rings. The van der Waals surface area contributed by atoms with Crippen molar-refractivity contribution in [3.8, 4) is 0 Å². The molecule has 3 amide bonds. The number of urea groups is 1. The van der Waals surface area contributed by atoms with Crippen LogP contribution in [-0.2, 0) is 4.79 Å². The third-order valence-corrected chi connectivity index (χ3v) is 5.27. The molecule has 2 rings (SSSR count). The smallest absolute Gasteiger partial charge is 0.317 e. The van der Waals surface area contributed by atoms with Crippen LogP contribution in [0.2, 0.25) is 0 Å². The predicted octanol–water partition coefficient (Wildman–Crippen LogP) is 2.46. The molecule has 0 spiro atoms. The fourth-order valence-electron chi connectivity index (χ4n) is 3.55. The van der Waals surface area contributed by atoms with Gasteiger partial charge in [-0.1, -0.05) is 20.8 Å². The minimum Gasteiger partial charge on any atom is -0.343 e. The monoisotopic (exact) mass is 309 g/mol. The minimum atomic E-state index is 0.0774. The van der Waals surface area contributed by atoms with Gasteiger partial charge in [-0.25, -0.2) is 4.79 Å². The lowest BCUT2D eigenvalue weighted by Gasteiger charge is -2.39. The first-order chi connectivity index (χ1) is 10.3. The van der Waals surface area contributed by atoms with E-state index < -0.39 is 0 Å². The summed E-state index contributed by atoms with van der Waals surface area (Å²) in [6.45, 7) is 11.7. The number of likely N-dealkylation sites (tertiary alicyclic amines) is 2. The van der Waals surface area contributed by atoms with Crippen molar-refractivity contribution in [2.75, 3.05) is 26.2 Å². The summed E-state index contributed by atoms with van der Waals surface area (Å²) in [5.74, 6) is 0.837. The number of hydrogen-bond acceptors (Lipinski definition) is 2. The molecule has 5 heteroatoms. The quantitative estimate of drug-likeness (QED) is 0.809. The number of hydrogen-bond donors (Lipinski definition) is 1. The Morgan fingerprint density at radius 1 is 0.909 bits per heavy atom. The van der Waals surface area contributed by atoms with Crippen LogP contribution in [0.3, 0.4) is 0 Å². The molecule has 2 heterocycles. The van der Waals surface area contributed by atoms with E-state index in [1.165, 1.54) is 0 Å². The first-order valence-electron chi connectivity index (χ1n) is 8.58. The molecule has 2 saturated heterocycles. The van der Waals surface area contributed by atoms with Gasteiger partial charge in [-0.15, -0.1) is 0 Å².